The molecule has 1 aliphatic carbocycles. The molecule has 0 spiro atoms. The fourth-order valence-electron chi connectivity index (χ4n) is 2.06. The summed E-state index contributed by atoms with van der Waals surface area (Å²) in [6, 6.07) is 10.4. The van der Waals surface area contributed by atoms with Crippen LogP contribution >= 0.6 is 11.6 Å². The van der Waals surface area contributed by atoms with Crippen LogP contribution in [0.3, 0.4) is 0 Å². The predicted molar refractivity (Wildman–Crippen MR) is 74.2 cm³/mol. The summed E-state index contributed by atoms with van der Waals surface area (Å²) in [5.41, 5.74) is 2.49. The molecule has 1 saturated carbocycles. The molecule has 2 atom stereocenters. The van der Waals surface area contributed by atoms with Gasteiger partial charge in [0.05, 0.1) is 0 Å². The molecule has 0 heterocycles. The van der Waals surface area contributed by atoms with Crippen molar-refractivity contribution in [3.8, 4) is 11.8 Å². The van der Waals surface area contributed by atoms with Crippen molar-refractivity contribution in [2.24, 2.45) is 0 Å². The Bertz CT molecular complexity index is 499. The normalized spacial score (nSPS) is 30.1. The standard InChI is InChI=1S/C16H17Cl/c1-13(2)8-7-11-16(17)12-15(16,3)14-9-5-4-6-10-14/h4-6,8-10H,12H2,1-3H3. The third kappa shape index (κ3) is 2.26. The second-order valence-electron chi connectivity index (χ2n) is 5.17. The molecule has 0 aromatic heterocycles. The molecule has 2 unspecified atom stereocenters. The highest BCUT2D eigenvalue weighted by Gasteiger charge is 2.63. The summed E-state index contributed by atoms with van der Waals surface area (Å²) in [5.74, 6) is 6.26. The van der Waals surface area contributed by atoms with Gasteiger partial charge in [0.2, 0.25) is 0 Å². The molecule has 0 saturated heterocycles. The number of hydrogen-bond donors (Lipinski definition) is 0. The molecule has 1 fully saturated rings. The van der Waals surface area contributed by atoms with E-state index >= 15 is 0 Å². The molecule has 1 aromatic rings. The minimum absolute atomic E-state index is 0.00168. The second-order valence-corrected chi connectivity index (χ2v) is 5.81. The Kier molecular flexibility index (Phi) is 3.06. The first-order valence-corrected chi connectivity index (χ1v) is 6.26. The summed E-state index contributed by atoms with van der Waals surface area (Å²) in [6.07, 6.45) is 2.85. The van der Waals surface area contributed by atoms with Crippen LogP contribution in [0.15, 0.2) is 42.0 Å². The van der Waals surface area contributed by atoms with Crippen molar-refractivity contribution < 1.29 is 0 Å². The monoisotopic (exact) mass is 244 g/mol. The first-order chi connectivity index (χ1) is 7.98. The Morgan fingerprint density at radius 1 is 1.29 bits per heavy atom. The van der Waals surface area contributed by atoms with Gasteiger partial charge >= 0.3 is 0 Å². The van der Waals surface area contributed by atoms with Crippen LogP contribution in [0.2, 0.25) is 0 Å². The lowest BCUT2D eigenvalue weighted by Crippen LogP contribution is -2.13. The molecule has 0 bridgehead atoms. The van der Waals surface area contributed by atoms with Crippen LogP contribution in [-0.2, 0) is 5.41 Å². The van der Waals surface area contributed by atoms with E-state index in [4.69, 9.17) is 11.6 Å². The molecule has 0 nitrogen and oxygen atoms in total. The SMILES string of the molecule is CC(C)=CC#CC1(Cl)CC1(C)c1ccccc1. The fraction of sp³-hybridized carbons (Fsp3) is 0.375. The largest absolute Gasteiger partial charge is 0.116 e. The highest BCUT2D eigenvalue weighted by Crippen LogP contribution is 2.61. The van der Waals surface area contributed by atoms with Crippen LogP contribution in [0.4, 0.5) is 0 Å². The van der Waals surface area contributed by atoms with Gasteiger partial charge in [0.15, 0.2) is 0 Å². The number of alkyl halides is 1. The molecule has 0 aliphatic heterocycles. The van der Waals surface area contributed by atoms with Crippen molar-refractivity contribution in [2.75, 3.05) is 0 Å². The van der Waals surface area contributed by atoms with E-state index in [1.54, 1.807) is 0 Å². The Labute approximate surface area is 109 Å². The minimum Gasteiger partial charge on any atom is -0.104 e. The van der Waals surface area contributed by atoms with Crippen molar-refractivity contribution in [1.82, 2.24) is 0 Å². The van der Waals surface area contributed by atoms with Crippen LogP contribution in [0.5, 0.6) is 0 Å². The fourth-order valence-corrected chi connectivity index (χ4v) is 2.49. The van der Waals surface area contributed by atoms with E-state index in [9.17, 15) is 0 Å². The summed E-state index contributed by atoms with van der Waals surface area (Å²) < 4.78 is 0. The van der Waals surface area contributed by atoms with Crippen LogP contribution in [0.1, 0.15) is 32.8 Å². The highest BCUT2D eigenvalue weighted by atomic mass is 35.5. The van der Waals surface area contributed by atoms with Crippen molar-refractivity contribution >= 4 is 11.6 Å². The second kappa shape index (κ2) is 4.24. The van der Waals surface area contributed by atoms with E-state index in [0.29, 0.717) is 0 Å². The highest BCUT2D eigenvalue weighted by molar-refractivity contribution is 6.30. The van der Waals surface area contributed by atoms with Crippen LogP contribution in [0.25, 0.3) is 0 Å². The predicted octanol–water partition coefficient (Wildman–Crippen LogP) is 4.30. The molecular weight excluding hydrogens is 228 g/mol. The average Bonchev–Trinajstić information content (AvgIpc) is 2.84. The maximum absolute atomic E-state index is 6.57. The summed E-state index contributed by atoms with van der Waals surface area (Å²) in [7, 11) is 0. The maximum atomic E-state index is 6.57. The zero-order valence-corrected chi connectivity index (χ0v) is 11.3. The smallest absolute Gasteiger partial charge is 0.104 e. The summed E-state index contributed by atoms with van der Waals surface area (Å²) in [5, 5.41) is 0. The summed E-state index contributed by atoms with van der Waals surface area (Å²) >= 11 is 6.57. The first-order valence-electron chi connectivity index (χ1n) is 5.88. The number of halogens is 1. The topological polar surface area (TPSA) is 0 Å². The van der Waals surface area contributed by atoms with E-state index in [-0.39, 0.29) is 10.3 Å². The minimum atomic E-state index is -0.389. The van der Waals surface area contributed by atoms with Crippen LogP contribution in [-0.4, -0.2) is 4.87 Å². The average molecular weight is 245 g/mol. The molecule has 2 rings (SSSR count). The van der Waals surface area contributed by atoms with Crippen molar-refractivity contribution in [2.45, 2.75) is 37.5 Å². The molecule has 1 aliphatic rings. The van der Waals surface area contributed by atoms with Crippen LogP contribution < -0.4 is 0 Å². The molecule has 88 valence electrons. The first kappa shape index (κ1) is 12.3. The van der Waals surface area contributed by atoms with Gasteiger partial charge in [-0.3, -0.25) is 0 Å². The molecule has 1 heteroatoms. The van der Waals surface area contributed by atoms with Crippen molar-refractivity contribution in [3.05, 3.63) is 47.5 Å². The van der Waals surface area contributed by atoms with Gasteiger partial charge in [0.25, 0.3) is 0 Å². The number of hydrogen-bond acceptors (Lipinski definition) is 0. The van der Waals surface area contributed by atoms with Gasteiger partial charge in [0, 0.05) is 5.41 Å². The van der Waals surface area contributed by atoms with E-state index in [1.165, 1.54) is 11.1 Å². The molecular formula is C16H17Cl. The number of benzene rings is 1. The lowest BCUT2D eigenvalue weighted by molar-refractivity contribution is 0.759. The van der Waals surface area contributed by atoms with E-state index in [0.717, 1.165) is 6.42 Å². The molecule has 1 aromatic carbocycles. The quantitative estimate of drug-likeness (QED) is 0.511. The van der Waals surface area contributed by atoms with Gasteiger partial charge < -0.3 is 0 Å². The van der Waals surface area contributed by atoms with Crippen molar-refractivity contribution in [1.29, 1.82) is 0 Å². The van der Waals surface area contributed by atoms with E-state index in [2.05, 4.69) is 43.0 Å². The molecule has 17 heavy (non-hydrogen) atoms. The summed E-state index contributed by atoms with van der Waals surface area (Å²) in [4.78, 5) is -0.389. The van der Waals surface area contributed by atoms with Gasteiger partial charge in [-0.1, -0.05) is 54.7 Å². The zero-order chi connectivity index (χ0) is 12.5. The molecule has 0 amide bonds. The van der Waals surface area contributed by atoms with Crippen LogP contribution in [0, 0.1) is 11.8 Å². The van der Waals surface area contributed by atoms with Gasteiger partial charge in [-0.2, -0.15) is 0 Å². The van der Waals surface area contributed by atoms with Gasteiger partial charge in [-0.05, 0) is 31.9 Å². The van der Waals surface area contributed by atoms with E-state index < -0.39 is 0 Å². The molecule has 0 N–H and O–H groups in total. The Morgan fingerprint density at radius 3 is 2.53 bits per heavy atom. The molecule has 0 radical (unpaired) electrons. The Hall–Kier alpha value is -1.19. The Balaban J connectivity index is 2.22. The van der Waals surface area contributed by atoms with Gasteiger partial charge in [-0.25, -0.2) is 0 Å². The number of rotatable bonds is 1. The zero-order valence-electron chi connectivity index (χ0n) is 10.5. The third-order valence-electron chi connectivity index (χ3n) is 3.39. The number of allylic oxidation sites excluding steroid dienone is 2. The lowest BCUT2D eigenvalue weighted by Gasteiger charge is -2.12. The Morgan fingerprint density at radius 2 is 1.94 bits per heavy atom. The van der Waals surface area contributed by atoms with Gasteiger partial charge in [0.1, 0.15) is 4.87 Å². The van der Waals surface area contributed by atoms with Gasteiger partial charge in [-0.15, -0.1) is 11.6 Å². The van der Waals surface area contributed by atoms with Crippen molar-refractivity contribution in [3.63, 3.8) is 0 Å². The summed E-state index contributed by atoms with van der Waals surface area (Å²) in [6.45, 7) is 6.27. The third-order valence-corrected chi connectivity index (χ3v) is 4.03. The maximum Gasteiger partial charge on any atom is 0.116 e. The van der Waals surface area contributed by atoms with E-state index in [1.807, 2.05) is 26.0 Å². The lowest BCUT2D eigenvalue weighted by atomic mass is 9.95.